The molecule has 0 aliphatic rings. The van der Waals surface area contributed by atoms with Gasteiger partial charge in [0.05, 0.1) is 6.04 Å². The van der Waals surface area contributed by atoms with E-state index in [-0.39, 0.29) is 18.1 Å². The van der Waals surface area contributed by atoms with Crippen LogP contribution in [-0.4, -0.2) is 65.3 Å². The van der Waals surface area contributed by atoms with E-state index in [1.807, 2.05) is 0 Å². The Kier molecular flexibility index (Phi) is 13.2. The van der Waals surface area contributed by atoms with Gasteiger partial charge in [-0.3, -0.25) is 14.4 Å². The fourth-order valence-electron chi connectivity index (χ4n) is 3.12. The topological polar surface area (TPSA) is 177 Å². The highest BCUT2D eigenvalue weighted by Crippen LogP contribution is 2.07. The molecule has 1 rings (SSSR count). The lowest BCUT2D eigenvalue weighted by molar-refractivity contribution is -0.142. The summed E-state index contributed by atoms with van der Waals surface area (Å²) in [7, 11) is 0. The fraction of sp³-hybridized carbons (Fsp3) is 0.565. The van der Waals surface area contributed by atoms with Crippen LogP contribution < -0.4 is 27.4 Å². The van der Waals surface area contributed by atoms with E-state index in [0.717, 1.165) is 5.56 Å². The highest BCUT2D eigenvalue weighted by Gasteiger charge is 2.30. The molecule has 8 N–H and O–H groups in total. The molecule has 0 saturated heterocycles. The Balaban J connectivity index is 2.86. The molecule has 1 aromatic carbocycles. The van der Waals surface area contributed by atoms with Crippen LogP contribution in [0.25, 0.3) is 0 Å². The zero-order valence-electron chi connectivity index (χ0n) is 19.7. The molecule has 34 heavy (non-hydrogen) atoms. The number of aliphatic carboxylic acids is 1. The van der Waals surface area contributed by atoms with Crippen molar-refractivity contribution in [3.05, 3.63) is 35.9 Å². The van der Waals surface area contributed by atoms with Crippen molar-refractivity contribution in [2.24, 2.45) is 17.4 Å². The summed E-state index contributed by atoms with van der Waals surface area (Å²) in [6.45, 7) is 4.03. The summed E-state index contributed by atoms with van der Waals surface area (Å²) in [6.07, 6.45) is 1.64. The maximum atomic E-state index is 12.9. The molecule has 0 aliphatic carbocycles. The number of nitrogens with one attached hydrogen (secondary N) is 3. The lowest BCUT2D eigenvalue weighted by Gasteiger charge is -2.25. The van der Waals surface area contributed by atoms with Gasteiger partial charge in [0.15, 0.2) is 0 Å². The lowest BCUT2D eigenvalue weighted by atomic mass is 10.0. The van der Waals surface area contributed by atoms with Gasteiger partial charge in [-0.25, -0.2) is 4.79 Å². The molecule has 3 amide bonds. The molecule has 11 heteroatoms. The number of rotatable bonds is 15. The number of carbonyl (C=O) groups is 4. The van der Waals surface area contributed by atoms with Crippen molar-refractivity contribution in [1.29, 1.82) is 0 Å². The molecule has 0 radical (unpaired) electrons. The van der Waals surface area contributed by atoms with E-state index in [9.17, 15) is 24.3 Å². The molecular formula is C23H37N5O5S. The minimum Gasteiger partial charge on any atom is -0.480 e. The maximum absolute atomic E-state index is 12.9. The van der Waals surface area contributed by atoms with Gasteiger partial charge in [0, 0.05) is 12.2 Å². The fourth-order valence-corrected chi connectivity index (χ4v) is 3.38. The van der Waals surface area contributed by atoms with Gasteiger partial charge in [-0.2, -0.15) is 12.6 Å². The van der Waals surface area contributed by atoms with Crippen molar-refractivity contribution in [3.8, 4) is 0 Å². The van der Waals surface area contributed by atoms with Crippen LogP contribution in [0.1, 0.15) is 38.7 Å². The van der Waals surface area contributed by atoms with Gasteiger partial charge < -0.3 is 32.5 Å². The number of hydrogen-bond acceptors (Lipinski definition) is 7. The number of unbranched alkanes of at least 4 members (excludes halogenated alkanes) is 1. The summed E-state index contributed by atoms with van der Waals surface area (Å²) in [5, 5.41) is 17.2. The summed E-state index contributed by atoms with van der Waals surface area (Å²) in [6, 6.07) is 4.89. The summed E-state index contributed by atoms with van der Waals surface area (Å²) in [4.78, 5) is 49.8. The molecule has 1 aromatic rings. The van der Waals surface area contributed by atoms with Gasteiger partial charge in [0.1, 0.15) is 18.1 Å². The van der Waals surface area contributed by atoms with Crippen LogP contribution in [0.15, 0.2) is 30.3 Å². The number of carboxylic acid groups (broad SMARTS) is 1. The lowest BCUT2D eigenvalue weighted by Crippen LogP contribution is -2.58. The average Bonchev–Trinajstić information content (AvgIpc) is 2.81. The predicted molar refractivity (Wildman–Crippen MR) is 133 cm³/mol. The molecule has 4 unspecified atom stereocenters. The molecule has 190 valence electrons. The first kappa shape index (κ1) is 29.4. The second-order valence-electron chi connectivity index (χ2n) is 8.45. The Morgan fingerprint density at radius 2 is 1.47 bits per heavy atom. The largest absolute Gasteiger partial charge is 0.480 e. The third-order valence-electron chi connectivity index (χ3n) is 5.31. The smallest absolute Gasteiger partial charge is 0.326 e. The van der Waals surface area contributed by atoms with Gasteiger partial charge in [0.2, 0.25) is 17.7 Å². The summed E-state index contributed by atoms with van der Waals surface area (Å²) < 4.78 is 0. The quantitative estimate of drug-likeness (QED) is 0.130. The van der Waals surface area contributed by atoms with Crippen molar-refractivity contribution < 1.29 is 24.3 Å². The number of thiol groups is 1. The Morgan fingerprint density at radius 3 is 2.00 bits per heavy atom. The van der Waals surface area contributed by atoms with Crippen molar-refractivity contribution in [2.45, 2.75) is 63.7 Å². The van der Waals surface area contributed by atoms with Crippen LogP contribution in [-0.2, 0) is 25.6 Å². The number of benzene rings is 1. The monoisotopic (exact) mass is 495 g/mol. The van der Waals surface area contributed by atoms with Crippen LogP contribution in [0.2, 0.25) is 0 Å². The van der Waals surface area contributed by atoms with Crippen molar-refractivity contribution in [3.63, 3.8) is 0 Å². The van der Waals surface area contributed by atoms with E-state index < -0.39 is 47.9 Å². The SMILES string of the molecule is CC(C)C(N)C(=O)NC(CCCCN)C(=O)NC(CS)C(=O)NC(Cc1ccccc1)C(=O)O. The Bertz CT molecular complexity index is 808. The summed E-state index contributed by atoms with van der Waals surface area (Å²) in [5.41, 5.74) is 12.2. The predicted octanol–water partition coefficient (Wildman–Crippen LogP) is -0.190. The van der Waals surface area contributed by atoms with E-state index in [1.54, 1.807) is 44.2 Å². The van der Waals surface area contributed by atoms with Crippen molar-refractivity contribution in [2.75, 3.05) is 12.3 Å². The first-order chi connectivity index (χ1) is 16.1. The molecule has 0 heterocycles. The molecule has 0 spiro atoms. The molecule has 0 bridgehead atoms. The van der Waals surface area contributed by atoms with Gasteiger partial charge >= 0.3 is 5.97 Å². The second-order valence-corrected chi connectivity index (χ2v) is 8.81. The molecule has 10 nitrogen and oxygen atoms in total. The maximum Gasteiger partial charge on any atom is 0.326 e. The van der Waals surface area contributed by atoms with Crippen molar-refractivity contribution >= 4 is 36.3 Å². The highest BCUT2D eigenvalue weighted by molar-refractivity contribution is 7.80. The van der Waals surface area contributed by atoms with Gasteiger partial charge in [-0.1, -0.05) is 44.2 Å². The van der Waals surface area contributed by atoms with E-state index in [4.69, 9.17) is 11.5 Å². The zero-order chi connectivity index (χ0) is 25.7. The normalized spacial score (nSPS) is 14.5. The highest BCUT2D eigenvalue weighted by atomic mass is 32.1. The van der Waals surface area contributed by atoms with E-state index in [2.05, 4.69) is 28.6 Å². The van der Waals surface area contributed by atoms with Crippen LogP contribution in [0.4, 0.5) is 0 Å². The number of hydrogen-bond donors (Lipinski definition) is 7. The Hall–Kier alpha value is -2.63. The van der Waals surface area contributed by atoms with Crippen LogP contribution in [0.3, 0.4) is 0 Å². The van der Waals surface area contributed by atoms with Crippen LogP contribution >= 0.6 is 12.6 Å². The summed E-state index contributed by atoms with van der Waals surface area (Å²) in [5.74, 6) is -3.12. The first-order valence-corrected chi connectivity index (χ1v) is 12.0. The second kappa shape index (κ2) is 15.3. The van der Waals surface area contributed by atoms with Crippen LogP contribution in [0.5, 0.6) is 0 Å². The van der Waals surface area contributed by atoms with E-state index in [1.165, 1.54) is 0 Å². The van der Waals surface area contributed by atoms with Gasteiger partial charge in [-0.15, -0.1) is 0 Å². The average molecular weight is 496 g/mol. The summed E-state index contributed by atoms with van der Waals surface area (Å²) >= 11 is 4.14. The number of carboxylic acids is 1. The number of amides is 3. The van der Waals surface area contributed by atoms with Crippen LogP contribution in [0, 0.1) is 5.92 Å². The minimum atomic E-state index is -1.20. The van der Waals surface area contributed by atoms with Gasteiger partial charge in [-0.05, 0) is 37.3 Å². The third-order valence-corrected chi connectivity index (χ3v) is 5.68. The Labute approximate surface area is 206 Å². The van der Waals surface area contributed by atoms with E-state index >= 15 is 0 Å². The third kappa shape index (κ3) is 10.1. The number of nitrogens with two attached hydrogens (primary N) is 2. The minimum absolute atomic E-state index is 0.0653. The Morgan fingerprint density at radius 1 is 0.912 bits per heavy atom. The molecule has 0 aliphatic heterocycles. The molecule has 0 fully saturated rings. The zero-order valence-corrected chi connectivity index (χ0v) is 20.6. The standard InChI is InChI=1S/C23H37N5O5S/c1-14(2)19(25)22(31)26-16(10-6-7-11-24)20(29)28-18(13-34)21(30)27-17(23(32)33)12-15-8-4-3-5-9-15/h3-5,8-9,14,16-19,34H,6-7,10-13,24-25H2,1-2H3,(H,26,31)(H,27,30)(H,28,29)(H,32,33). The first-order valence-electron chi connectivity index (χ1n) is 11.3. The molecular weight excluding hydrogens is 458 g/mol. The number of carbonyl (C=O) groups excluding carboxylic acids is 3. The van der Waals surface area contributed by atoms with Crippen molar-refractivity contribution in [1.82, 2.24) is 16.0 Å². The van der Waals surface area contributed by atoms with E-state index in [0.29, 0.717) is 25.8 Å². The molecule has 4 atom stereocenters. The molecule has 0 aromatic heterocycles. The molecule has 0 saturated carbocycles. The van der Waals surface area contributed by atoms with Gasteiger partial charge in [0.25, 0.3) is 0 Å².